The Kier molecular flexibility index (Phi) is 5.94. The van der Waals surface area contributed by atoms with Crippen molar-refractivity contribution in [2.45, 2.75) is 25.4 Å². The maximum absolute atomic E-state index is 12.8. The maximum atomic E-state index is 12.8. The summed E-state index contributed by atoms with van der Waals surface area (Å²) in [6, 6.07) is 6.71. The van der Waals surface area contributed by atoms with Gasteiger partial charge in [0, 0.05) is 10.7 Å². The summed E-state index contributed by atoms with van der Waals surface area (Å²) >= 11 is 5.70. The number of halogens is 7. The number of nitrogens with one attached hydrogen (secondary N) is 1. The molecule has 0 saturated carbocycles. The minimum atomic E-state index is -5.01. The van der Waals surface area contributed by atoms with Crippen LogP contribution < -0.4 is 10.1 Å². The van der Waals surface area contributed by atoms with Crippen molar-refractivity contribution in [3.63, 3.8) is 0 Å². The lowest BCUT2D eigenvalue weighted by molar-refractivity contribution is -0.143. The number of hydrogen-bond donors (Lipinski definition) is 1. The molecule has 1 atom stereocenters. The Hall–Kier alpha value is -2.42. The van der Waals surface area contributed by atoms with Gasteiger partial charge in [-0.3, -0.25) is 4.79 Å². The monoisotopic (exact) mass is 411 g/mol. The number of hydrogen-bond acceptors (Lipinski definition) is 2. The molecule has 27 heavy (non-hydrogen) atoms. The third-order valence-electron chi connectivity index (χ3n) is 3.35. The van der Waals surface area contributed by atoms with Crippen molar-refractivity contribution in [2.75, 3.05) is 5.32 Å². The second-order valence-electron chi connectivity index (χ2n) is 5.50. The number of alkyl halides is 6. The molecule has 2 rings (SSSR count). The van der Waals surface area contributed by atoms with Crippen molar-refractivity contribution < 1.29 is 35.9 Å². The molecule has 2 aromatic rings. The highest BCUT2D eigenvalue weighted by Gasteiger charge is 2.37. The Morgan fingerprint density at radius 3 is 1.89 bits per heavy atom. The molecule has 0 spiro atoms. The quantitative estimate of drug-likeness (QED) is 0.647. The van der Waals surface area contributed by atoms with E-state index in [-0.39, 0.29) is 11.8 Å². The zero-order valence-corrected chi connectivity index (χ0v) is 14.3. The third-order valence-corrected chi connectivity index (χ3v) is 3.60. The van der Waals surface area contributed by atoms with E-state index in [0.29, 0.717) is 17.2 Å². The highest BCUT2D eigenvalue weighted by atomic mass is 35.5. The maximum Gasteiger partial charge on any atom is 0.416 e. The molecule has 10 heteroatoms. The molecule has 0 aliphatic rings. The van der Waals surface area contributed by atoms with Gasteiger partial charge in [-0.1, -0.05) is 11.6 Å². The lowest BCUT2D eigenvalue weighted by Crippen LogP contribution is -2.30. The van der Waals surface area contributed by atoms with Gasteiger partial charge in [-0.05, 0) is 49.4 Å². The molecule has 0 unspecified atom stereocenters. The smallest absolute Gasteiger partial charge is 0.416 e. The van der Waals surface area contributed by atoms with E-state index in [1.165, 1.54) is 31.2 Å². The van der Waals surface area contributed by atoms with E-state index in [1.54, 1.807) is 0 Å². The summed E-state index contributed by atoms with van der Waals surface area (Å²) in [5, 5.41) is 2.43. The second-order valence-corrected chi connectivity index (χ2v) is 5.93. The zero-order chi connectivity index (χ0) is 20.4. The zero-order valence-electron chi connectivity index (χ0n) is 13.6. The number of rotatable bonds is 4. The fraction of sp³-hybridized carbons (Fsp3) is 0.235. The van der Waals surface area contributed by atoms with Crippen LogP contribution in [-0.4, -0.2) is 12.0 Å². The van der Waals surface area contributed by atoms with Crippen LogP contribution in [0.25, 0.3) is 0 Å². The average molecular weight is 412 g/mol. The van der Waals surface area contributed by atoms with Crippen LogP contribution >= 0.6 is 11.6 Å². The summed E-state index contributed by atoms with van der Waals surface area (Å²) in [5.41, 5.74) is -3.70. The van der Waals surface area contributed by atoms with Gasteiger partial charge in [0.2, 0.25) is 0 Å². The molecule has 0 fully saturated rings. The topological polar surface area (TPSA) is 38.3 Å². The minimum absolute atomic E-state index is 0.0245. The van der Waals surface area contributed by atoms with Crippen molar-refractivity contribution in [1.82, 2.24) is 0 Å². The van der Waals surface area contributed by atoms with Gasteiger partial charge in [0.15, 0.2) is 6.10 Å². The number of ether oxygens (including phenoxy) is 1. The fourth-order valence-electron chi connectivity index (χ4n) is 2.04. The summed E-state index contributed by atoms with van der Waals surface area (Å²) in [7, 11) is 0. The molecule has 0 aromatic heterocycles. The normalized spacial score (nSPS) is 13.2. The summed E-state index contributed by atoms with van der Waals surface area (Å²) in [6.07, 6.45) is -11.2. The molecule has 0 saturated heterocycles. The number of benzene rings is 2. The van der Waals surface area contributed by atoms with Crippen LogP contribution in [0.2, 0.25) is 5.02 Å². The molecule has 0 aliphatic carbocycles. The van der Waals surface area contributed by atoms with Crippen molar-refractivity contribution in [1.29, 1.82) is 0 Å². The first-order valence-electron chi connectivity index (χ1n) is 7.39. The van der Waals surface area contributed by atoms with Crippen LogP contribution in [0.1, 0.15) is 18.1 Å². The summed E-state index contributed by atoms with van der Waals surface area (Å²) in [4.78, 5) is 12.1. The first kappa shape index (κ1) is 20.9. The van der Waals surface area contributed by atoms with Crippen molar-refractivity contribution in [2.24, 2.45) is 0 Å². The van der Waals surface area contributed by atoms with Gasteiger partial charge in [-0.2, -0.15) is 26.3 Å². The van der Waals surface area contributed by atoms with E-state index in [1.807, 2.05) is 5.32 Å². The predicted octanol–water partition coefficient (Wildman–Crippen LogP) is 5.78. The van der Waals surface area contributed by atoms with E-state index < -0.39 is 41.2 Å². The lowest BCUT2D eigenvalue weighted by Gasteiger charge is -2.17. The number of anilines is 1. The Morgan fingerprint density at radius 1 is 0.963 bits per heavy atom. The summed E-state index contributed by atoms with van der Waals surface area (Å²) in [6.45, 7) is 1.29. The van der Waals surface area contributed by atoms with Gasteiger partial charge in [0.05, 0.1) is 11.1 Å². The average Bonchev–Trinajstić information content (AvgIpc) is 2.55. The molecule has 0 bridgehead atoms. The molecular weight excluding hydrogens is 400 g/mol. The highest BCUT2D eigenvalue weighted by Crippen LogP contribution is 2.37. The van der Waals surface area contributed by atoms with Gasteiger partial charge in [0.1, 0.15) is 5.75 Å². The summed E-state index contributed by atoms with van der Waals surface area (Å²) in [5.74, 6) is -0.667. The largest absolute Gasteiger partial charge is 0.481 e. The van der Waals surface area contributed by atoms with Gasteiger partial charge < -0.3 is 10.1 Å². The van der Waals surface area contributed by atoms with Crippen molar-refractivity contribution >= 4 is 23.2 Å². The first-order chi connectivity index (χ1) is 12.4. The molecule has 146 valence electrons. The Labute approximate surface area is 154 Å². The standard InChI is InChI=1S/C17H12ClF6NO2/c1-9(27-14-4-2-12(18)3-5-14)15(26)25-13-7-10(16(19,20)21)6-11(8-13)17(22,23)24/h2-9H,1H3,(H,25,26)/t9-/m0/s1. The van der Waals surface area contributed by atoms with Crippen LogP contribution in [0.3, 0.4) is 0 Å². The Balaban J connectivity index is 2.21. The van der Waals surface area contributed by atoms with E-state index in [0.717, 1.165) is 0 Å². The van der Waals surface area contributed by atoms with Crippen LogP contribution in [0.15, 0.2) is 42.5 Å². The molecule has 0 heterocycles. The van der Waals surface area contributed by atoms with Crippen LogP contribution in [0.4, 0.5) is 32.0 Å². The molecule has 0 aliphatic heterocycles. The van der Waals surface area contributed by atoms with Gasteiger partial charge in [-0.25, -0.2) is 0 Å². The molecular formula is C17H12ClF6NO2. The number of amides is 1. The van der Waals surface area contributed by atoms with Crippen LogP contribution in [-0.2, 0) is 17.1 Å². The summed E-state index contributed by atoms with van der Waals surface area (Å²) < 4.78 is 82.3. The van der Waals surface area contributed by atoms with Gasteiger partial charge >= 0.3 is 12.4 Å². The Morgan fingerprint density at radius 2 is 1.44 bits per heavy atom. The Bertz CT molecular complexity index is 785. The van der Waals surface area contributed by atoms with Crippen LogP contribution in [0, 0.1) is 0 Å². The van der Waals surface area contributed by atoms with Gasteiger partial charge in [-0.15, -0.1) is 0 Å². The third kappa shape index (κ3) is 5.78. The highest BCUT2D eigenvalue weighted by molar-refractivity contribution is 6.30. The number of carbonyl (C=O) groups excluding carboxylic acids is 1. The lowest BCUT2D eigenvalue weighted by atomic mass is 10.1. The fourth-order valence-corrected chi connectivity index (χ4v) is 2.17. The van der Waals surface area contributed by atoms with Crippen molar-refractivity contribution in [3.8, 4) is 5.75 Å². The predicted molar refractivity (Wildman–Crippen MR) is 86.6 cm³/mol. The molecule has 0 radical (unpaired) electrons. The first-order valence-corrected chi connectivity index (χ1v) is 7.76. The van der Waals surface area contributed by atoms with E-state index in [9.17, 15) is 31.1 Å². The molecule has 2 aromatic carbocycles. The van der Waals surface area contributed by atoms with E-state index in [2.05, 4.69) is 0 Å². The molecule has 3 nitrogen and oxygen atoms in total. The van der Waals surface area contributed by atoms with E-state index in [4.69, 9.17) is 16.3 Å². The van der Waals surface area contributed by atoms with Crippen LogP contribution in [0.5, 0.6) is 5.75 Å². The van der Waals surface area contributed by atoms with Crippen molar-refractivity contribution in [3.05, 3.63) is 58.6 Å². The SMILES string of the molecule is C[C@H](Oc1ccc(Cl)cc1)C(=O)Nc1cc(C(F)(F)F)cc(C(F)(F)F)c1. The minimum Gasteiger partial charge on any atom is -0.481 e. The number of carbonyl (C=O) groups is 1. The van der Waals surface area contributed by atoms with Gasteiger partial charge in [0.25, 0.3) is 5.91 Å². The molecule has 1 amide bonds. The molecule has 1 N–H and O–H groups in total. The van der Waals surface area contributed by atoms with E-state index >= 15 is 0 Å². The second kappa shape index (κ2) is 7.67.